The summed E-state index contributed by atoms with van der Waals surface area (Å²) >= 11 is 0. The van der Waals surface area contributed by atoms with Crippen molar-refractivity contribution < 1.29 is 9.47 Å². The van der Waals surface area contributed by atoms with E-state index in [0.717, 1.165) is 23.5 Å². The Balaban J connectivity index is 1.66. The van der Waals surface area contributed by atoms with Gasteiger partial charge in [0.05, 0.1) is 0 Å². The van der Waals surface area contributed by atoms with Crippen LogP contribution in [0, 0.1) is 0 Å². The van der Waals surface area contributed by atoms with E-state index in [1.165, 1.54) is 5.56 Å². The van der Waals surface area contributed by atoms with Crippen LogP contribution in [0.5, 0.6) is 11.5 Å². The number of hydrogen-bond acceptors (Lipinski definition) is 2. The third kappa shape index (κ3) is 4.63. The molecule has 25 heavy (non-hydrogen) atoms. The molecule has 3 rings (SSSR count). The molecule has 0 aromatic heterocycles. The Bertz CT molecular complexity index is 751. The molecule has 2 nitrogen and oxygen atoms in total. The van der Waals surface area contributed by atoms with Crippen LogP contribution in [-0.2, 0) is 0 Å². The van der Waals surface area contributed by atoms with E-state index in [0.29, 0.717) is 0 Å². The van der Waals surface area contributed by atoms with Crippen molar-refractivity contribution in [1.29, 1.82) is 0 Å². The Kier molecular flexibility index (Phi) is 5.73. The van der Waals surface area contributed by atoms with E-state index in [1.54, 1.807) is 0 Å². The Labute approximate surface area is 150 Å². The molecule has 2 atom stereocenters. The van der Waals surface area contributed by atoms with Gasteiger partial charge in [0.2, 0.25) is 0 Å². The van der Waals surface area contributed by atoms with Crippen molar-refractivity contribution in [3.8, 4) is 11.5 Å². The van der Waals surface area contributed by atoms with Gasteiger partial charge in [0, 0.05) is 0 Å². The van der Waals surface area contributed by atoms with E-state index in [1.807, 2.05) is 60.7 Å². The molecule has 0 bridgehead atoms. The average Bonchev–Trinajstić information content (AvgIpc) is 2.68. The van der Waals surface area contributed by atoms with Crippen LogP contribution < -0.4 is 9.47 Å². The minimum Gasteiger partial charge on any atom is -0.486 e. The van der Waals surface area contributed by atoms with Gasteiger partial charge in [0.1, 0.15) is 23.7 Å². The second-order valence-corrected chi connectivity index (χ2v) is 6.07. The molecule has 0 heterocycles. The first kappa shape index (κ1) is 17.1. The molecule has 0 fully saturated rings. The number of ether oxygens (including phenoxy) is 2. The van der Waals surface area contributed by atoms with Crippen molar-refractivity contribution in [3.05, 3.63) is 96.1 Å². The lowest BCUT2D eigenvalue weighted by molar-refractivity contribution is 0.200. The molecule has 0 radical (unpaired) electrons. The van der Waals surface area contributed by atoms with Crippen molar-refractivity contribution >= 4 is 0 Å². The van der Waals surface area contributed by atoms with Gasteiger partial charge >= 0.3 is 0 Å². The number of benzene rings is 3. The minimum atomic E-state index is 0.0228. The molecular formula is C23H24O2. The van der Waals surface area contributed by atoms with E-state index in [-0.39, 0.29) is 12.2 Å². The van der Waals surface area contributed by atoms with Gasteiger partial charge in [-0.2, -0.15) is 0 Å². The van der Waals surface area contributed by atoms with Gasteiger partial charge in [-0.15, -0.1) is 0 Å². The lowest BCUT2D eigenvalue weighted by Gasteiger charge is -2.19. The summed E-state index contributed by atoms with van der Waals surface area (Å²) < 4.78 is 12.1. The number of hydrogen-bond donors (Lipinski definition) is 0. The van der Waals surface area contributed by atoms with Crippen LogP contribution in [0.15, 0.2) is 84.9 Å². The van der Waals surface area contributed by atoms with E-state index < -0.39 is 0 Å². The van der Waals surface area contributed by atoms with Crippen LogP contribution >= 0.6 is 0 Å². The van der Waals surface area contributed by atoms with Crippen LogP contribution in [0.4, 0.5) is 0 Å². The van der Waals surface area contributed by atoms with Gasteiger partial charge < -0.3 is 9.47 Å². The molecule has 0 saturated heterocycles. The minimum absolute atomic E-state index is 0.0228. The van der Waals surface area contributed by atoms with Crippen molar-refractivity contribution in [2.75, 3.05) is 0 Å². The highest BCUT2D eigenvalue weighted by Crippen LogP contribution is 2.27. The molecule has 0 aliphatic heterocycles. The second kappa shape index (κ2) is 8.39. The Morgan fingerprint density at radius 1 is 0.640 bits per heavy atom. The van der Waals surface area contributed by atoms with Crippen molar-refractivity contribution in [2.45, 2.75) is 32.5 Å². The molecule has 0 N–H and O–H groups in total. The van der Waals surface area contributed by atoms with Gasteiger partial charge in [0.15, 0.2) is 0 Å². The maximum Gasteiger partial charge on any atom is 0.123 e. The second-order valence-electron chi connectivity index (χ2n) is 6.07. The molecule has 128 valence electrons. The largest absolute Gasteiger partial charge is 0.486 e. The molecular weight excluding hydrogens is 308 g/mol. The van der Waals surface area contributed by atoms with E-state index in [9.17, 15) is 0 Å². The van der Waals surface area contributed by atoms with Gasteiger partial charge in [-0.05, 0) is 48.7 Å². The molecule has 0 aliphatic rings. The van der Waals surface area contributed by atoms with Crippen LogP contribution in [0.1, 0.15) is 43.6 Å². The average molecular weight is 332 g/mol. The smallest absolute Gasteiger partial charge is 0.123 e. The first-order valence-corrected chi connectivity index (χ1v) is 8.79. The van der Waals surface area contributed by atoms with Gasteiger partial charge in [0.25, 0.3) is 0 Å². The van der Waals surface area contributed by atoms with E-state index in [4.69, 9.17) is 9.47 Å². The Hall–Kier alpha value is -2.74. The summed E-state index contributed by atoms with van der Waals surface area (Å²) in [6, 6.07) is 28.4. The predicted molar refractivity (Wildman–Crippen MR) is 102 cm³/mol. The third-order valence-electron chi connectivity index (χ3n) is 4.23. The lowest BCUT2D eigenvalue weighted by Crippen LogP contribution is -2.07. The zero-order chi connectivity index (χ0) is 17.5. The van der Waals surface area contributed by atoms with Crippen molar-refractivity contribution in [2.24, 2.45) is 0 Å². The standard InChI is InChI=1S/C23H24O2/c1-3-23(25-21-12-8-5-9-13-21)20-14-16-22(17-15-20)24-18(2)19-10-6-4-7-11-19/h4-18,23H,3H2,1-2H3. The maximum atomic E-state index is 6.10. The van der Waals surface area contributed by atoms with E-state index >= 15 is 0 Å². The van der Waals surface area contributed by atoms with Gasteiger partial charge in [-0.1, -0.05) is 67.6 Å². The Morgan fingerprint density at radius 3 is 1.80 bits per heavy atom. The first-order valence-electron chi connectivity index (χ1n) is 8.79. The summed E-state index contributed by atoms with van der Waals surface area (Å²) in [7, 11) is 0. The van der Waals surface area contributed by atoms with Crippen LogP contribution in [-0.4, -0.2) is 0 Å². The zero-order valence-electron chi connectivity index (χ0n) is 14.8. The molecule has 2 unspecified atom stereocenters. The van der Waals surface area contributed by atoms with Crippen molar-refractivity contribution in [3.63, 3.8) is 0 Å². The predicted octanol–water partition coefficient (Wildman–Crippen LogP) is 6.36. The van der Waals surface area contributed by atoms with Crippen molar-refractivity contribution in [1.82, 2.24) is 0 Å². The summed E-state index contributed by atoms with van der Waals surface area (Å²) in [6.07, 6.45) is 0.979. The van der Waals surface area contributed by atoms with Crippen LogP contribution in [0.2, 0.25) is 0 Å². The summed E-state index contributed by atoms with van der Waals surface area (Å²) in [5.41, 5.74) is 2.33. The third-order valence-corrected chi connectivity index (χ3v) is 4.23. The molecule has 0 aliphatic carbocycles. The fraction of sp³-hybridized carbons (Fsp3) is 0.217. The van der Waals surface area contributed by atoms with Gasteiger partial charge in [-0.3, -0.25) is 0 Å². The highest BCUT2D eigenvalue weighted by molar-refractivity contribution is 5.31. The van der Waals surface area contributed by atoms with E-state index in [2.05, 4.69) is 38.1 Å². The quantitative estimate of drug-likeness (QED) is 0.501. The fourth-order valence-electron chi connectivity index (χ4n) is 2.81. The highest BCUT2D eigenvalue weighted by atomic mass is 16.5. The number of para-hydroxylation sites is 1. The summed E-state index contributed by atoms with van der Waals surface area (Å²) in [5, 5.41) is 0. The lowest BCUT2D eigenvalue weighted by atomic mass is 10.1. The van der Waals surface area contributed by atoms with Crippen LogP contribution in [0.3, 0.4) is 0 Å². The molecule has 0 amide bonds. The normalized spacial score (nSPS) is 13.0. The summed E-state index contributed by atoms with van der Waals surface area (Å²) in [5.74, 6) is 1.77. The maximum absolute atomic E-state index is 6.10. The van der Waals surface area contributed by atoms with Gasteiger partial charge in [-0.25, -0.2) is 0 Å². The molecule has 0 spiro atoms. The Morgan fingerprint density at radius 2 is 1.20 bits per heavy atom. The summed E-state index contributed by atoms with van der Waals surface area (Å²) in [6.45, 7) is 4.20. The van der Waals surface area contributed by atoms with Crippen LogP contribution in [0.25, 0.3) is 0 Å². The fourth-order valence-corrected chi connectivity index (χ4v) is 2.81. The monoisotopic (exact) mass is 332 g/mol. The first-order chi connectivity index (χ1) is 12.3. The number of rotatable bonds is 7. The molecule has 0 saturated carbocycles. The molecule has 2 heteroatoms. The topological polar surface area (TPSA) is 18.5 Å². The summed E-state index contributed by atoms with van der Waals surface area (Å²) in [4.78, 5) is 0. The molecule has 3 aromatic rings. The highest BCUT2D eigenvalue weighted by Gasteiger charge is 2.12. The molecule has 3 aromatic carbocycles. The SMILES string of the molecule is CCC(Oc1ccccc1)c1ccc(OC(C)c2ccccc2)cc1. The zero-order valence-corrected chi connectivity index (χ0v) is 14.8.